The molecule has 0 aromatic carbocycles. The number of unbranched alkanes of at least 4 members (excludes halogenated alkanes) is 37. The number of aliphatic hydroxyl groups excluding tert-OH is 7. The van der Waals surface area contributed by atoms with Crippen LogP contribution in [0.3, 0.4) is 0 Å². The molecule has 1 heterocycles. The van der Waals surface area contributed by atoms with E-state index in [0.717, 1.165) is 44.9 Å². The normalized spacial score (nSPS) is 19.9. The zero-order chi connectivity index (χ0) is 54.7. The zero-order valence-corrected chi connectivity index (χ0v) is 48.5. The quantitative estimate of drug-likeness (QED) is 0.0215. The molecular formula is C64H121NO10. The first kappa shape index (κ1) is 71.3. The van der Waals surface area contributed by atoms with Crippen LogP contribution in [0.4, 0.5) is 0 Å². The average Bonchev–Trinajstić information content (AvgIpc) is 3.41. The number of carbonyl (C=O) groups excluding carboxylic acids is 1. The number of amides is 1. The highest BCUT2D eigenvalue weighted by Gasteiger charge is 2.44. The van der Waals surface area contributed by atoms with Gasteiger partial charge in [-0.3, -0.25) is 4.79 Å². The van der Waals surface area contributed by atoms with E-state index in [2.05, 4.69) is 55.6 Å². The van der Waals surface area contributed by atoms with Gasteiger partial charge in [-0.05, 0) is 64.2 Å². The van der Waals surface area contributed by atoms with Crippen LogP contribution in [-0.4, -0.2) is 110 Å². The van der Waals surface area contributed by atoms with Crippen molar-refractivity contribution in [3.05, 3.63) is 36.5 Å². The Morgan fingerprint density at radius 3 is 1.19 bits per heavy atom. The Labute approximate surface area is 460 Å². The lowest BCUT2D eigenvalue weighted by atomic mass is 9.98. The van der Waals surface area contributed by atoms with Gasteiger partial charge >= 0.3 is 0 Å². The Hall–Kier alpha value is -1.67. The number of nitrogens with one attached hydrogen (secondary N) is 1. The Kier molecular flexibility index (Phi) is 50.4. The van der Waals surface area contributed by atoms with E-state index in [-0.39, 0.29) is 12.8 Å². The fourth-order valence-electron chi connectivity index (χ4n) is 10.2. The largest absolute Gasteiger partial charge is 0.394 e. The average molecular weight is 1060 g/mol. The molecule has 9 atom stereocenters. The van der Waals surface area contributed by atoms with Crippen molar-refractivity contribution in [3.8, 4) is 0 Å². The third-order valence-corrected chi connectivity index (χ3v) is 15.4. The highest BCUT2D eigenvalue weighted by Crippen LogP contribution is 2.23. The van der Waals surface area contributed by atoms with E-state index in [0.29, 0.717) is 19.3 Å². The molecule has 0 aromatic heterocycles. The van der Waals surface area contributed by atoms with Crippen LogP contribution >= 0.6 is 0 Å². The van der Waals surface area contributed by atoms with E-state index in [1.807, 2.05) is 0 Å². The van der Waals surface area contributed by atoms with Gasteiger partial charge in [-0.25, -0.2) is 0 Å². The van der Waals surface area contributed by atoms with E-state index in [1.54, 1.807) is 0 Å². The van der Waals surface area contributed by atoms with Crippen LogP contribution in [-0.2, 0) is 14.3 Å². The van der Waals surface area contributed by atoms with Gasteiger partial charge in [-0.2, -0.15) is 0 Å². The molecule has 1 rings (SSSR count). The SMILES string of the molecule is CCCCCCCCCCCCCC/C=C/CC/C=C/CC/C=C/CCCC(O)C(O)C(COC1OC(CO)C(O)C(O)C1O)NC(=O)C(O)CCCCCCCCCCCCCCCCCCCCCCCCC. The van der Waals surface area contributed by atoms with Gasteiger partial charge in [-0.15, -0.1) is 0 Å². The molecule has 0 radical (unpaired) electrons. The summed E-state index contributed by atoms with van der Waals surface area (Å²) in [5, 5.41) is 76.3. The second kappa shape index (κ2) is 53.0. The third-order valence-electron chi connectivity index (χ3n) is 15.4. The molecular weight excluding hydrogens is 943 g/mol. The standard InChI is InChI=1S/C64H121NO10/c1-3-5-7-9-11-13-15-17-19-21-23-25-27-28-30-31-33-35-37-39-41-43-45-47-49-51-56(67)59(69)55(54-74-64-62(72)61(71)60(70)58(53-66)75-64)65-63(73)57(68)52-50-48-46-44-42-40-38-36-34-32-29-26-24-22-20-18-16-14-12-10-8-6-4-2/h28,30,35,37,43,45,55-62,64,66-72H,3-27,29,31-34,36,38-42,44,46-54H2,1-2H3,(H,65,73)/b30-28+,37-35+,45-43+. The maximum atomic E-state index is 13.2. The lowest BCUT2D eigenvalue weighted by Gasteiger charge is -2.40. The molecule has 0 saturated carbocycles. The van der Waals surface area contributed by atoms with Crippen molar-refractivity contribution < 1.29 is 50.0 Å². The lowest BCUT2D eigenvalue weighted by Crippen LogP contribution is -2.60. The second-order valence-electron chi connectivity index (χ2n) is 22.5. The Morgan fingerprint density at radius 1 is 0.453 bits per heavy atom. The van der Waals surface area contributed by atoms with Crippen molar-refractivity contribution >= 4 is 5.91 Å². The third kappa shape index (κ3) is 41.1. The molecule has 8 N–H and O–H groups in total. The first-order valence-electron chi connectivity index (χ1n) is 31.9. The molecule has 11 heteroatoms. The van der Waals surface area contributed by atoms with Gasteiger partial charge in [0.15, 0.2) is 6.29 Å². The molecule has 0 aliphatic carbocycles. The highest BCUT2D eigenvalue weighted by atomic mass is 16.7. The van der Waals surface area contributed by atoms with Gasteiger partial charge in [0.2, 0.25) is 5.91 Å². The summed E-state index contributed by atoms with van der Waals surface area (Å²) >= 11 is 0. The fourth-order valence-corrected chi connectivity index (χ4v) is 10.2. The van der Waals surface area contributed by atoms with E-state index in [4.69, 9.17) is 9.47 Å². The van der Waals surface area contributed by atoms with Gasteiger partial charge < -0.3 is 50.5 Å². The number of hydrogen-bond acceptors (Lipinski definition) is 10. The summed E-state index contributed by atoms with van der Waals surface area (Å²) in [6.07, 6.45) is 55.0. The topological polar surface area (TPSA) is 189 Å². The van der Waals surface area contributed by atoms with Crippen molar-refractivity contribution in [1.82, 2.24) is 5.32 Å². The van der Waals surface area contributed by atoms with Gasteiger partial charge in [0, 0.05) is 0 Å². The fraction of sp³-hybridized carbons (Fsp3) is 0.891. The molecule has 1 amide bonds. The minimum absolute atomic E-state index is 0.243. The summed E-state index contributed by atoms with van der Waals surface area (Å²) in [7, 11) is 0. The summed E-state index contributed by atoms with van der Waals surface area (Å²) in [6, 6.07) is -1.19. The van der Waals surface area contributed by atoms with Crippen molar-refractivity contribution in [2.24, 2.45) is 0 Å². The first-order chi connectivity index (χ1) is 36.7. The number of rotatable bonds is 55. The maximum absolute atomic E-state index is 13.2. The van der Waals surface area contributed by atoms with Crippen LogP contribution in [0.1, 0.15) is 296 Å². The number of carbonyl (C=O) groups is 1. The maximum Gasteiger partial charge on any atom is 0.249 e. The zero-order valence-electron chi connectivity index (χ0n) is 48.5. The molecule has 442 valence electrons. The van der Waals surface area contributed by atoms with Crippen LogP contribution in [0.2, 0.25) is 0 Å². The number of aliphatic hydroxyl groups is 7. The summed E-state index contributed by atoms with van der Waals surface area (Å²) in [5.74, 6) is -0.707. The summed E-state index contributed by atoms with van der Waals surface area (Å²) in [6.45, 7) is 3.47. The smallest absolute Gasteiger partial charge is 0.249 e. The van der Waals surface area contributed by atoms with Crippen molar-refractivity contribution in [2.45, 2.75) is 351 Å². The Balaban J connectivity index is 2.30. The van der Waals surface area contributed by atoms with E-state index in [9.17, 15) is 40.5 Å². The molecule has 1 saturated heterocycles. The molecule has 1 fully saturated rings. The molecule has 1 aliphatic rings. The minimum Gasteiger partial charge on any atom is -0.394 e. The first-order valence-corrected chi connectivity index (χ1v) is 31.9. The summed E-state index contributed by atoms with van der Waals surface area (Å²) in [5.41, 5.74) is 0. The molecule has 0 aromatic rings. The van der Waals surface area contributed by atoms with E-state index < -0.39 is 74.2 Å². The predicted molar refractivity (Wildman–Crippen MR) is 312 cm³/mol. The number of ether oxygens (including phenoxy) is 2. The molecule has 75 heavy (non-hydrogen) atoms. The van der Waals surface area contributed by atoms with Crippen LogP contribution in [0.15, 0.2) is 36.5 Å². The Bertz CT molecular complexity index is 1310. The van der Waals surface area contributed by atoms with Gasteiger partial charge in [-0.1, -0.05) is 269 Å². The van der Waals surface area contributed by atoms with Gasteiger partial charge in [0.1, 0.15) is 36.6 Å². The second-order valence-corrected chi connectivity index (χ2v) is 22.5. The van der Waals surface area contributed by atoms with Crippen molar-refractivity contribution in [1.29, 1.82) is 0 Å². The van der Waals surface area contributed by atoms with Crippen molar-refractivity contribution in [3.63, 3.8) is 0 Å². The minimum atomic E-state index is -1.67. The van der Waals surface area contributed by atoms with Crippen LogP contribution < -0.4 is 5.32 Å². The van der Waals surface area contributed by atoms with Crippen LogP contribution in [0, 0.1) is 0 Å². The predicted octanol–water partition coefficient (Wildman–Crippen LogP) is 14.2. The molecule has 0 spiro atoms. The summed E-state index contributed by atoms with van der Waals surface area (Å²) in [4.78, 5) is 13.2. The highest BCUT2D eigenvalue weighted by molar-refractivity contribution is 5.80. The number of hydrogen-bond donors (Lipinski definition) is 8. The van der Waals surface area contributed by atoms with E-state index in [1.165, 1.54) is 205 Å². The molecule has 1 aliphatic heterocycles. The molecule has 9 unspecified atom stereocenters. The van der Waals surface area contributed by atoms with Crippen LogP contribution in [0.5, 0.6) is 0 Å². The van der Waals surface area contributed by atoms with Gasteiger partial charge in [0.05, 0.1) is 25.4 Å². The van der Waals surface area contributed by atoms with Crippen LogP contribution in [0.25, 0.3) is 0 Å². The summed E-state index contributed by atoms with van der Waals surface area (Å²) < 4.78 is 11.2. The lowest BCUT2D eigenvalue weighted by molar-refractivity contribution is -0.303. The Morgan fingerprint density at radius 2 is 0.800 bits per heavy atom. The van der Waals surface area contributed by atoms with Crippen molar-refractivity contribution in [2.75, 3.05) is 13.2 Å². The van der Waals surface area contributed by atoms with Gasteiger partial charge in [0.25, 0.3) is 0 Å². The van der Waals surface area contributed by atoms with E-state index >= 15 is 0 Å². The molecule has 0 bridgehead atoms. The monoisotopic (exact) mass is 1060 g/mol. The number of allylic oxidation sites excluding steroid dienone is 6. The molecule has 11 nitrogen and oxygen atoms in total.